The molecule has 0 spiro atoms. The van der Waals surface area contributed by atoms with E-state index in [1.54, 1.807) is 24.5 Å². The van der Waals surface area contributed by atoms with Gasteiger partial charge in [-0.3, -0.25) is 14.6 Å². The quantitative estimate of drug-likeness (QED) is 0.509. The maximum absolute atomic E-state index is 12.5. The summed E-state index contributed by atoms with van der Waals surface area (Å²) >= 11 is 0. The van der Waals surface area contributed by atoms with Crippen molar-refractivity contribution in [3.05, 3.63) is 72.1 Å². The van der Waals surface area contributed by atoms with Gasteiger partial charge in [-0.05, 0) is 48.4 Å². The molecule has 3 rings (SSSR count). The zero-order valence-corrected chi connectivity index (χ0v) is 17.5. The lowest BCUT2D eigenvalue weighted by molar-refractivity contribution is -0.131. The van der Waals surface area contributed by atoms with Gasteiger partial charge in [0.2, 0.25) is 11.8 Å². The number of carbonyl (C=O) groups is 2. The molecule has 1 aromatic carbocycles. The molecule has 1 aliphatic heterocycles. The van der Waals surface area contributed by atoms with Crippen molar-refractivity contribution in [1.29, 1.82) is 0 Å². The molecule has 2 amide bonds. The number of pyridine rings is 1. The van der Waals surface area contributed by atoms with Crippen LogP contribution in [0.2, 0.25) is 0 Å². The van der Waals surface area contributed by atoms with Gasteiger partial charge in [-0.2, -0.15) is 0 Å². The van der Waals surface area contributed by atoms with Crippen molar-refractivity contribution < 1.29 is 9.59 Å². The normalized spacial score (nSPS) is 14.7. The number of carbonyl (C=O) groups excluding carboxylic acids is 2. The fraction of sp³-hybridized carbons (Fsp3) is 0.400. The lowest BCUT2D eigenvalue weighted by Gasteiger charge is -2.32. The summed E-state index contributed by atoms with van der Waals surface area (Å²) in [5.41, 5.74) is 2.00. The van der Waals surface area contributed by atoms with E-state index in [9.17, 15) is 9.59 Å². The lowest BCUT2D eigenvalue weighted by Crippen LogP contribution is -2.39. The Morgan fingerprint density at radius 1 is 1.07 bits per heavy atom. The third kappa shape index (κ3) is 7.47. The van der Waals surface area contributed by atoms with Gasteiger partial charge in [0.1, 0.15) is 0 Å². The summed E-state index contributed by atoms with van der Waals surface area (Å²) in [7, 11) is 0. The van der Waals surface area contributed by atoms with Crippen LogP contribution in [0.5, 0.6) is 0 Å². The van der Waals surface area contributed by atoms with Crippen LogP contribution in [0.25, 0.3) is 6.08 Å². The number of hydrogen-bond acceptors (Lipinski definition) is 3. The van der Waals surface area contributed by atoms with Crippen LogP contribution in [0, 0.1) is 5.92 Å². The molecule has 0 radical (unpaired) electrons. The van der Waals surface area contributed by atoms with Crippen molar-refractivity contribution >= 4 is 17.9 Å². The van der Waals surface area contributed by atoms with Crippen molar-refractivity contribution in [3.8, 4) is 0 Å². The van der Waals surface area contributed by atoms with E-state index in [2.05, 4.69) is 10.3 Å². The molecule has 0 unspecified atom stereocenters. The van der Waals surface area contributed by atoms with Crippen LogP contribution in [-0.2, 0) is 16.0 Å². The molecular formula is C25H31N3O2. The summed E-state index contributed by atoms with van der Waals surface area (Å²) in [4.78, 5) is 30.3. The number of rotatable bonds is 9. The van der Waals surface area contributed by atoms with Crippen molar-refractivity contribution in [1.82, 2.24) is 15.2 Å². The molecule has 2 aromatic rings. The monoisotopic (exact) mass is 405 g/mol. The van der Waals surface area contributed by atoms with Gasteiger partial charge >= 0.3 is 0 Å². The summed E-state index contributed by atoms with van der Waals surface area (Å²) in [6, 6.07) is 13.7. The first-order valence-electron chi connectivity index (χ1n) is 10.9. The molecule has 0 aliphatic carbocycles. The highest BCUT2D eigenvalue weighted by atomic mass is 16.2. The first-order valence-corrected chi connectivity index (χ1v) is 10.9. The molecule has 30 heavy (non-hydrogen) atoms. The third-order valence-electron chi connectivity index (χ3n) is 5.62. The van der Waals surface area contributed by atoms with E-state index in [1.165, 1.54) is 6.42 Å². The molecule has 158 valence electrons. The predicted molar refractivity (Wildman–Crippen MR) is 120 cm³/mol. The number of unbranched alkanes of at least 4 members (excludes halogenated alkanes) is 1. The standard InChI is InChI=1S/C25H31N3O2/c29-24(12-11-23-10-6-15-26-20-23)27-16-5-4-7-21-13-17-28(18-14-21)25(30)19-22-8-2-1-3-9-22/h1-3,6,8-12,15,20-21H,4-5,7,13-14,16-19H2,(H,27,29)/b12-11+. The van der Waals surface area contributed by atoms with Crippen LogP contribution in [0.4, 0.5) is 0 Å². The number of nitrogens with zero attached hydrogens (tertiary/aromatic N) is 2. The highest BCUT2D eigenvalue weighted by molar-refractivity contribution is 5.91. The molecule has 1 N–H and O–H groups in total. The second-order valence-corrected chi connectivity index (χ2v) is 7.89. The molecule has 1 saturated heterocycles. The number of piperidine rings is 1. The minimum absolute atomic E-state index is 0.0657. The SMILES string of the molecule is O=C(/C=C/c1cccnc1)NCCCCC1CCN(C(=O)Cc2ccccc2)CC1. The minimum atomic E-state index is -0.0657. The van der Waals surface area contributed by atoms with E-state index >= 15 is 0 Å². The van der Waals surface area contributed by atoms with Gasteiger partial charge in [-0.1, -0.05) is 49.2 Å². The molecule has 1 aliphatic rings. The zero-order valence-electron chi connectivity index (χ0n) is 17.5. The average Bonchev–Trinajstić information content (AvgIpc) is 2.79. The van der Waals surface area contributed by atoms with Gasteiger partial charge in [0.05, 0.1) is 6.42 Å². The number of hydrogen-bond donors (Lipinski definition) is 1. The highest BCUT2D eigenvalue weighted by Gasteiger charge is 2.22. The van der Waals surface area contributed by atoms with Crippen molar-refractivity contribution in [3.63, 3.8) is 0 Å². The molecule has 2 heterocycles. The molecule has 0 bridgehead atoms. The molecule has 5 heteroatoms. The number of aromatic nitrogens is 1. The lowest BCUT2D eigenvalue weighted by atomic mass is 9.91. The smallest absolute Gasteiger partial charge is 0.243 e. The Kier molecular flexibility index (Phi) is 8.63. The Morgan fingerprint density at radius 2 is 1.87 bits per heavy atom. The summed E-state index contributed by atoms with van der Waals surface area (Å²) in [6.07, 6.45) is 12.7. The van der Waals surface area contributed by atoms with E-state index in [0.29, 0.717) is 18.9 Å². The number of benzene rings is 1. The fourth-order valence-corrected chi connectivity index (χ4v) is 3.83. The van der Waals surface area contributed by atoms with Gasteiger partial charge in [0.25, 0.3) is 0 Å². The maximum Gasteiger partial charge on any atom is 0.243 e. The molecule has 1 aromatic heterocycles. The topological polar surface area (TPSA) is 62.3 Å². The van der Waals surface area contributed by atoms with Crippen LogP contribution in [0.15, 0.2) is 60.9 Å². The fourth-order valence-electron chi connectivity index (χ4n) is 3.83. The summed E-state index contributed by atoms with van der Waals surface area (Å²) in [5.74, 6) is 0.859. The molecule has 5 nitrogen and oxygen atoms in total. The molecule has 1 fully saturated rings. The highest BCUT2D eigenvalue weighted by Crippen LogP contribution is 2.23. The Bertz CT molecular complexity index is 813. The van der Waals surface area contributed by atoms with Crippen molar-refractivity contribution in [2.24, 2.45) is 5.92 Å². The van der Waals surface area contributed by atoms with Gasteiger partial charge in [-0.25, -0.2) is 0 Å². The zero-order chi connectivity index (χ0) is 21.0. The van der Waals surface area contributed by atoms with E-state index in [0.717, 1.165) is 49.9 Å². The third-order valence-corrected chi connectivity index (χ3v) is 5.62. The minimum Gasteiger partial charge on any atom is -0.353 e. The van der Waals surface area contributed by atoms with Crippen LogP contribution in [0.1, 0.15) is 43.2 Å². The van der Waals surface area contributed by atoms with Crippen molar-refractivity contribution in [2.75, 3.05) is 19.6 Å². The summed E-state index contributed by atoms with van der Waals surface area (Å²) in [5, 5.41) is 2.94. The van der Waals surface area contributed by atoms with Crippen LogP contribution in [-0.4, -0.2) is 41.3 Å². The van der Waals surface area contributed by atoms with Gasteiger partial charge in [-0.15, -0.1) is 0 Å². The second-order valence-electron chi connectivity index (χ2n) is 7.89. The molecule has 0 saturated carbocycles. The van der Waals surface area contributed by atoms with E-state index in [4.69, 9.17) is 0 Å². The van der Waals surface area contributed by atoms with E-state index in [-0.39, 0.29) is 11.8 Å². The molecular weight excluding hydrogens is 374 g/mol. The maximum atomic E-state index is 12.5. The van der Waals surface area contributed by atoms with Gasteiger partial charge < -0.3 is 10.2 Å². The van der Waals surface area contributed by atoms with Crippen molar-refractivity contribution in [2.45, 2.75) is 38.5 Å². The Balaban J connectivity index is 1.25. The van der Waals surface area contributed by atoms with Crippen LogP contribution < -0.4 is 5.32 Å². The number of amides is 2. The molecule has 0 atom stereocenters. The first kappa shape index (κ1) is 21.8. The average molecular weight is 406 g/mol. The summed E-state index contributed by atoms with van der Waals surface area (Å²) < 4.78 is 0. The van der Waals surface area contributed by atoms with Crippen LogP contribution >= 0.6 is 0 Å². The Hall–Kier alpha value is -2.95. The van der Waals surface area contributed by atoms with Crippen LogP contribution in [0.3, 0.4) is 0 Å². The largest absolute Gasteiger partial charge is 0.353 e. The number of nitrogens with one attached hydrogen (secondary N) is 1. The Labute approximate surface area is 179 Å². The predicted octanol–water partition coefficient (Wildman–Crippen LogP) is 3.86. The van der Waals surface area contributed by atoms with E-state index in [1.807, 2.05) is 47.4 Å². The Morgan fingerprint density at radius 3 is 2.60 bits per heavy atom. The first-order chi connectivity index (χ1) is 14.7. The second kappa shape index (κ2) is 11.9. The van der Waals surface area contributed by atoms with E-state index < -0.39 is 0 Å². The van der Waals surface area contributed by atoms with Gasteiger partial charge in [0.15, 0.2) is 0 Å². The number of likely N-dealkylation sites (tertiary alicyclic amines) is 1. The van der Waals surface area contributed by atoms with Gasteiger partial charge in [0, 0.05) is 38.1 Å². The summed E-state index contributed by atoms with van der Waals surface area (Å²) in [6.45, 7) is 2.43.